The lowest BCUT2D eigenvalue weighted by atomic mass is 9.79. The van der Waals surface area contributed by atoms with Crippen LogP contribution in [0.4, 0.5) is 15.8 Å². The number of halogens is 1. The Morgan fingerprint density at radius 2 is 1.69 bits per heavy atom. The molecule has 1 unspecified atom stereocenters. The highest BCUT2D eigenvalue weighted by atomic mass is 32.2. The number of fused-ring (bicyclic) bond motifs is 1. The number of nitrogens with one attached hydrogen (secondary N) is 2. The molecule has 0 fully saturated rings. The molecular formula is C36H46FN3O8S3. The van der Waals surface area contributed by atoms with Crippen LogP contribution in [0.15, 0.2) is 76.5 Å². The minimum Gasteiger partial charge on any atom is -0.483 e. The largest absolute Gasteiger partial charge is 0.483 e. The van der Waals surface area contributed by atoms with E-state index in [0.29, 0.717) is 17.1 Å². The number of ether oxygens (including phenoxy) is 1. The van der Waals surface area contributed by atoms with E-state index in [9.17, 15) is 30.8 Å². The molecule has 0 saturated heterocycles. The molecule has 3 aromatic carbocycles. The smallest absolute Gasteiger partial charge is 0.266 e. The van der Waals surface area contributed by atoms with E-state index in [1.807, 2.05) is 36.6 Å². The van der Waals surface area contributed by atoms with Gasteiger partial charge in [-0.2, -0.15) is 8.42 Å². The molecule has 1 aliphatic heterocycles. The molecule has 3 N–H and O–H groups in total. The number of sulfone groups is 1. The summed E-state index contributed by atoms with van der Waals surface area (Å²) < 4.78 is 80.7. The van der Waals surface area contributed by atoms with Gasteiger partial charge in [-0.05, 0) is 43.4 Å². The van der Waals surface area contributed by atoms with Crippen molar-refractivity contribution in [2.75, 3.05) is 42.4 Å². The van der Waals surface area contributed by atoms with Crippen molar-refractivity contribution >= 4 is 54.9 Å². The third-order valence-electron chi connectivity index (χ3n) is 8.85. The number of benzene rings is 3. The van der Waals surface area contributed by atoms with Crippen LogP contribution in [0.25, 0.3) is 0 Å². The number of carbonyl (C=O) groups excluding carboxylic acids is 2. The van der Waals surface area contributed by atoms with Crippen LogP contribution < -0.4 is 20.3 Å². The second-order valence-corrected chi connectivity index (χ2v) is 17.1. The number of amides is 2. The normalized spacial score (nSPS) is 15.7. The first-order valence-corrected chi connectivity index (χ1v) is 21.4. The summed E-state index contributed by atoms with van der Waals surface area (Å²) in [5, 5.41) is 4.72. The first-order chi connectivity index (χ1) is 24.2. The van der Waals surface area contributed by atoms with Crippen molar-refractivity contribution in [2.24, 2.45) is 5.41 Å². The van der Waals surface area contributed by atoms with Gasteiger partial charge in [0.05, 0.1) is 27.0 Å². The van der Waals surface area contributed by atoms with E-state index < -0.39 is 67.9 Å². The van der Waals surface area contributed by atoms with Crippen LogP contribution >= 0.6 is 11.8 Å². The van der Waals surface area contributed by atoms with E-state index >= 15 is 0 Å². The molecule has 1 atom stereocenters. The number of carbonyl (C=O) groups is 2. The van der Waals surface area contributed by atoms with Gasteiger partial charge in [0.2, 0.25) is 5.91 Å². The van der Waals surface area contributed by atoms with Crippen molar-refractivity contribution in [1.29, 1.82) is 0 Å². The minimum atomic E-state index is -4.38. The summed E-state index contributed by atoms with van der Waals surface area (Å²) in [6, 6.07) is 16.6. The lowest BCUT2D eigenvalue weighted by Gasteiger charge is -2.37. The average Bonchev–Trinajstić information content (AvgIpc) is 3.19. The standard InChI is InChI=1S/C36H46FN3O8S3/c1-4-6-17-36(18-7-5-2)24-40(26-13-9-8-10-14-26)29-21-31(49-3)30(22-32(29)50(43,44)25-36)48-23-33(41)39-34(27-15-11-12-16-28(27)37)35(42)38-19-20-51(45,46)47/h8-16,21-22,34H,4-7,17-20,23-25H2,1-3H3,(H,38,42)(H,39,41)(H,45,46,47). The second kappa shape index (κ2) is 17.7. The first-order valence-electron chi connectivity index (χ1n) is 16.9. The van der Waals surface area contributed by atoms with E-state index in [4.69, 9.17) is 9.29 Å². The number of hydrogen-bond acceptors (Lipinski definition) is 9. The minimum absolute atomic E-state index is 0.0358. The number of nitrogens with zero attached hydrogens (tertiary/aromatic N) is 1. The molecule has 0 aliphatic carbocycles. The lowest BCUT2D eigenvalue weighted by Crippen LogP contribution is -2.43. The maximum absolute atomic E-state index is 14.8. The van der Waals surface area contributed by atoms with Gasteiger partial charge in [0.25, 0.3) is 16.0 Å². The first kappa shape index (κ1) is 40.1. The fraction of sp³-hybridized carbons (Fsp3) is 0.444. The van der Waals surface area contributed by atoms with E-state index in [-0.39, 0.29) is 22.0 Å². The van der Waals surface area contributed by atoms with Crippen LogP contribution in [0.1, 0.15) is 64.0 Å². The highest BCUT2D eigenvalue weighted by molar-refractivity contribution is 7.98. The van der Waals surface area contributed by atoms with Crippen LogP contribution in [0.5, 0.6) is 5.75 Å². The third-order valence-corrected chi connectivity index (χ3v) is 12.3. The van der Waals surface area contributed by atoms with Gasteiger partial charge in [-0.25, -0.2) is 12.8 Å². The molecule has 3 aromatic rings. The quantitative estimate of drug-likeness (QED) is 0.109. The summed E-state index contributed by atoms with van der Waals surface area (Å²) in [7, 11) is -8.23. The van der Waals surface area contributed by atoms with Crippen molar-refractivity contribution in [3.63, 3.8) is 0 Å². The number of para-hydroxylation sites is 1. The fourth-order valence-electron chi connectivity index (χ4n) is 6.32. The van der Waals surface area contributed by atoms with Gasteiger partial charge < -0.3 is 20.3 Å². The topological polar surface area (TPSA) is 159 Å². The Hall–Kier alpha value is -3.66. The SMILES string of the molecule is CCCCC1(CCCC)CN(c2ccccc2)c2cc(SC)c(OCC(=O)NC(C(=O)NCCS(=O)(=O)O)c3ccccc3F)cc2S(=O)(=O)C1. The zero-order valence-corrected chi connectivity index (χ0v) is 31.5. The summed E-state index contributed by atoms with van der Waals surface area (Å²) in [5.74, 6) is -3.17. The van der Waals surface area contributed by atoms with Crippen molar-refractivity contribution in [3.8, 4) is 5.75 Å². The Morgan fingerprint density at radius 3 is 2.29 bits per heavy atom. The molecule has 0 bridgehead atoms. The number of anilines is 2. The highest BCUT2D eigenvalue weighted by Crippen LogP contribution is 2.47. The molecule has 51 heavy (non-hydrogen) atoms. The van der Waals surface area contributed by atoms with Crippen LogP contribution in [0.2, 0.25) is 0 Å². The predicted molar refractivity (Wildman–Crippen MR) is 197 cm³/mol. The summed E-state index contributed by atoms with van der Waals surface area (Å²) in [5.41, 5.74) is 0.719. The average molecular weight is 764 g/mol. The van der Waals surface area contributed by atoms with Gasteiger partial charge >= 0.3 is 0 Å². The van der Waals surface area contributed by atoms with Crippen molar-refractivity contribution in [2.45, 2.75) is 68.2 Å². The Bertz CT molecular complexity index is 1880. The number of unbranched alkanes of at least 4 members (excludes halogenated alkanes) is 2. The van der Waals surface area contributed by atoms with Crippen LogP contribution in [0.3, 0.4) is 0 Å². The van der Waals surface area contributed by atoms with Gasteiger partial charge in [-0.3, -0.25) is 14.1 Å². The molecule has 278 valence electrons. The molecule has 0 aromatic heterocycles. The van der Waals surface area contributed by atoms with Gasteiger partial charge in [-0.1, -0.05) is 75.9 Å². The number of hydrogen-bond donors (Lipinski definition) is 3. The molecular weight excluding hydrogens is 718 g/mol. The Morgan fingerprint density at radius 1 is 1.04 bits per heavy atom. The molecule has 1 aliphatic rings. The molecule has 15 heteroatoms. The van der Waals surface area contributed by atoms with Crippen molar-refractivity contribution < 1.29 is 40.1 Å². The van der Waals surface area contributed by atoms with Crippen LogP contribution in [0, 0.1) is 11.2 Å². The molecule has 0 saturated carbocycles. The lowest BCUT2D eigenvalue weighted by molar-refractivity contribution is -0.130. The maximum atomic E-state index is 14.8. The zero-order chi connectivity index (χ0) is 37.2. The van der Waals surface area contributed by atoms with Crippen LogP contribution in [-0.2, 0) is 29.5 Å². The second-order valence-electron chi connectivity index (χ2n) is 12.7. The van der Waals surface area contributed by atoms with E-state index in [1.165, 1.54) is 36.0 Å². The molecule has 4 rings (SSSR count). The molecule has 0 spiro atoms. The van der Waals surface area contributed by atoms with E-state index in [1.54, 1.807) is 6.07 Å². The number of rotatable bonds is 17. The van der Waals surface area contributed by atoms with Gasteiger partial charge in [0.1, 0.15) is 17.6 Å². The van der Waals surface area contributed by atoms with Crippen LogP contribution in [-0.4, -0.2) is 70.7 Å². The monoisotopic (exact) mass is 763 g/mol. The molecule has 1 heterocycles. The summed E-state index contributed by atoms with van der Waals surface area (Å²) in [4.78, 5) is 29.0. The summed E-state index contributed by atoms with van der Waals surface area (Å²) >= 11 is 1.32. The van der Waals surface area contributed by atoms with Gasteiger partial charge in [-0.15, -0.1) is 11.8 Å². The Balaban J connectivity index is 1.67. The Kier molecular flexibility index (Phi) is 13.9. The molecule has 11 nitrogen and oxygen atoms in total. The maximum Gasteiger partial charge on any atom is 0.266 e. The fourth-order valence-corrected chi connectivity index (χ4v) is 9.35. The van der Waals surface area contributed by atoms with Gasteiger partial charge in [0, 0.05) is 35.8 Å². The van der Waals surface area contributed by atoms with Gasteiger partial charge in [0.15, 0.2) is 16.4 Å². The van der Waals surface area contributed by atoms with E-state index in [0.717, 1.165) is 50.3 Å². The molecule has 0 radical (unpaired) electrons. The predicted octanol–water partition coefficient (Wildman–Crippen LogP) is 6.08. The summed E-state index contributed by atoms with van der Waals surface area (Å²) in [6.45, 7) is 3.59. The molecule has 2 amide bonds. The number of thioether (sulfide) groups is 1. The Labute approximate surface area is 304 Å². The third kappa shape index (κ3) is 10.7. The zero-order valence-electron chi connectivity index (χ0n) is 29.1. The van der Waals surface area contributed by atoms with E-state index in [2.05, 4.69) is 29.4 Å². The highest BCUT2D eigenvalue weighted by Gasteiger charge is 2.42. The summed E-state index contributed by atoms with van der Waals surface area (Å²) in [6.07, 6.45) is 6.98. The van der Waals surface area contributed by atoms with Crippen molar-refractivity contribution in [3.05, 3.63) is 78.1 Å². The van der Waals surface area contributed by atoms with Crippen molar-refractivity contribution in [1.82, 2.24) is 10.6 Å².